The van der Waals surface area contributed by atoms with Gasteiger partial charge in [0.25, 0.3) is 0 Å². The molecule has 1 atom stereocenters. The van der Waals surface area contributed by atoms with Crippen LogP contribution in [0, 0.1) is 0 Å². The van der Waals surface area contributed by atoms with Crippen molar-refractivity contribution in [1.82, 2.24) is 0 Å². The Bertz CT molecular complexity index is 480. The quantitative estimate of drug-likeness (QED) is 0.625. The summed E-state index contributed by atoms with van der Waals surface area (Å²) in [5.74, 6) is -3.23. The second-order valence-corrected chi connectivity index (χ2v) is 3.90. The first kappa shape index (κ1) is 14.0. The van der Waals surface area contributed by atoms with Gasteiger partial charge in [0.15, 0.2) is 0 Å². The monoisotopic (exact) mass is 254 g/mol. The summed E-state index contributed by atoms with van der Waals surface area (Å²) in [7, 11) is 0. The molecule has 1 rings (SSSR count). The Morgan fingerprint density at radius 1 is 1.17 bits per heavy atom. The van der Waals surface area contributed by atoms with Crippen LogP contribution < -0.4 is 0 Å². The van der Waals surface area contributed by atoms with E-state index in [4.69, 9.17) is 10.2 Å². The van der Waals surface area contributed by atoms with Crippen molar-refractivity contribution in [1.29, 1.82) is 0 Å². The van der Waals surface area contributed by atoms with E-state index < -0.39 is 23.8 Å². The Labute approximate surface area is 103 Å². The number of rotatable bonds is 5. The minimum Gasteiger partial charge on any atom is -0.507 e. The number of aromatic hydroxyl groups is 1. The lowest BCUT2D eigenvalue weighted by atomic mass is 9.97. The van der Waals surface area contributed by atoms with E-state index in [2.05, 4.69) is 0 Å². The first-order valence-electron chi connectivity index (χ1n) is 5.37. The molecule has 0 aliphatic rings. The third-order valence-electron chi connectivity index (χ3n) is 2.61. The summed E-state index contributed by atoms with van der Waals surface area (Å²) < 4.78 is 0. The van der Waals surface area contributed by atoms with Crippen LogP contribution in [0.15, 0.2) is 12.1 Å². The van der Waals surface area contributed by atoms with Gasteiger partial charge in [-0.2, -0.15) is 0 Å². The summed E-state index contributed by atoms with van der Waals surface area (Å²) in [6.45, 7) is 1.73. The van der Waals surface area contributed by atoms with Gasteiger partial charge >= 0.3 is 11.9 Å². The number of aliphatic hydroxyl groups is 1. The van der Waals surface area contributed by atoms with Gasteiger partial charge in [-0.05, 0) is 30.5 Å². The van der Waals surface area contributed by atoms with Crippen molar-refractivity contribution in [3.05, 3.63) is 28.8 Å². The molecule has 6 nitrogen and oxygen atoms in total. The van der Waals surface area contributed by atoms with Crippen molar-refractivity contribution in [2.45, 2.75) is 25.9 Å². The first-order chi connectivity index (χ1) is 8.36. The molecule has 1 unspecified atom stereocenters. The molecule has 18 heavy (non-hydrogen) atoms. The van der Waals surface area contributed by atoms with Crippen molar-refractivity contribution in [2.24, 2.45) is 0 Å². The number of hydrogen-bond acceptors (Lipinski definition) is 4. The second-order valence-electron chi connectivity index (χ2n) is 3.90. The molecule has 0 bridgehead atoms. The lowest BCUT2D eigenvalue weighted by molar-refractivity contribution is 0.0676. The maximum absolute atomic E-state index is 11.0. The third kappa shape index (κ3) is 2.98. The Hall–Kier alpha value is -2.08. The molecule has 0 radical (unpaired) electrons. The predicted octanol–water partition coefficient (Wildman–Crippen LogP) is 1.10. The molecule has 0 aromatic heterocycles. The highest BCUT2D eigenvalue weighted by atomic mass is 16.4. The van der Waals surface area contributed by atoms with Gasteiger partial charge in [0, 0.05) is 0 Å². The normalized spacial score (nSPS) is 12.1. The van der Waals surface area contributed by atoms with E-state index >= 15 is 0 Å². The van der Waals surface area contributed by atoms with Crippen LogP contribution >= 0.6 is 0 Å². The topological polar surface area (TPSA) is 115 Å². The highest BCUT2D eigenvalue weighted by Gasteiger charge is 2.19. The summed E-state index contributed by atoms with van der Waals surface area (Å²) in [5, 5.41) is 36.7. The fourth-order valence-corrected chi connectivity index (χ4v) is 1.57. The fourth-order valence-electron chi connectivity index (χ4n) is 1.57. The molecule has 4 N–H and O–H groups in total. The molecule has 0 spiro atoms. The summed E-state index contributed by atoms with van der Waals surface area (Å²) in [6, 6.07) is 1.98. The Morgan fingerprint density at radius 2 is 1.72 bits per heavy atom. The van der Waals surface area contributed by atoms with Gasteiger partial charge in [0.05, 0.1) is 11.7 Å². The molecular weight excluding hydrogens is 240 g/mol. The lowest BCUT2D eigenvalue weighted by Crippen LogP contribution is -2.14. The number of benzene rings is 1. The lowest BCUT2D eigenvalue weighted by Gasteiger charge is -2.12. The predicted molar refractivity (Wildman–Crippen MR) is 62.0 cm³/mol. The zero-order valence-electron chi connectivity index (χ0n) is 9.75. The van der Waals surface area contributed by atoms with E-state index in [0.29, 0.717) is 6.42 Å². The summed E-state index contributed by atoms with van der Waals surface area (Å²) >= 11 is 0. The molecule has 1 aromatic rings. The van der Waals surface area contributed by atoms with Crippen molar-refractivity contribution >= 4 is 11.9 Å². The van der Waals surface area contributed by atoms with E-state index in [9.17, 15) is 19.8 Å². The Balaban J connectivity index is 3.30. The summed E-state index contributed by atoms with van der Waals surface area (Å²) in [4.78, 5) is 21.8. The van der Waals surface area contributed by atoms with E-state index in [1.54, 1.807) is 6.92 Å². The molecule has 0 aliphatic heterocycles. The molecule has 1 aromatic carbocycles. The maximum atomic E-state index is 11.0. The Morgan fingerprint density at radius 3 is 2.17 bits per heavy atom. The van der Waals surface area contributed by atoms with Crippen LogP contribution in [-0.4, -0.2) is 38.5 Å². The van der Waals surface area contributed by atoms with Gasteiger partial charge in [0.2, 0.25) is 0 Å². The molecule has 6 heteroatoms. The number of carboxylic acids is 2. The summed E-state index contributed by atoms with van der Waals surface area (Å²) in [6.07, 6.45) is -0.310. The van der Waals surface area contributed by atoms with Crippen LogP contribution in [0.1, 0.15) is 39.6 Å². The summed E-state index contributed by atoms with van der Waals surface area (Å²) in [5.41, 5.74) is -0.393. The molecule has 0 amide bonds. The zero-order valence-corrected chi connectivity index (χ0v) is 9.75. The highest BCUT2D eigenvalue weighted by Crippen LogP contribution is 2.24. The molecule has 0 saturated heterocycles. The highest BCUT2D eigenvalue weighted by molar-refractivity contribution is 5.95. The van der Waals surface area contributed by atoms with E-state index in [-0.39, 0.29) is 23.1 Å². The van der Waals surface area contributed by atoms with Gasteiger partial charge < -0.3 is 20.4 Å². The SMILES string of the molecule is CCC(O)Cc1cc(C(=O)O)c(O)cc1C(=O)O. The molecule has 98 valence electrons. The van der Waals surface area contributed by atoms with E-state index in [0.717, 1.165) is 12.1 Å². The number of hydrogen-bond donors (Lipinski definition) is 4. The minimum atomic E-state index is -1.35. The van der Waals surface area contributed by atoms with Gasteiger partial charge in [0.1, 0.15) is 11.3 Å². The van der Waals surface area contributed by atoms with Crippen LogP contribution in [0.3, 0.4) is 0 Å². The van der Waals surface area contributed by atoms with Crippen molar-refractivity contribution in [3.63, 3.8) is 0 Å². The standard InChI is InChI=1S/C12H14O6/c1-2-7(13)3-6-4-9(12(17)18)10(14)5-8(6)11(15)16/h4-5,7,13-14H,2-3H2,1H3,(H,15,16)(H,17,18). The smallest absolute Gasteiger partial charge is 0.339 e. The van der Waals surface area contributed by atoms with Gasteiger partial charge in [-0.15, -0.1) is 0 Å². The molecule has 0 saturated carbocycles. The van der Waals surface area contributed by atoms with Gasteiger partial charge in [-0.1, -0.05) is 6.92 Å². The number of phenols is 1. The van der Waals surface area contributed by atoms with E-state index in [1.165, 1.54) is 0 Å². The zero-order chi connectivity index (χ0) is 13.9. The first-order valence-corrected chi connectivity index (χ1v) is 5.37. The van der Waals surface area contributed by atoms with Crippen molar-refractivity contribution in [3.8, 4) is 5.75 Å². The number of aromatic carboxylic acids is 2. The van der Waals surface area contributed by atoms with Gasteiger partial charge in [-0.3, -0.25) is 0 Å². The fraction of sp³-hybridized carbons (Fsp3) is 0.333. The van der Waals surface area contributed by atoms with Crippen molar-refractivity contribution < 1.29 is 30.0 Å². The van der Waals surface area contributed by atoms with Crippen LogP contribution in [0.5, 0.6) is 5.75 Å². The number of aliphatic hydroxyl groups excluding tert-OH is 1. The van der Waals surface area contributed by atoms with Crippen LogP contribution in [0.4, 0.5) is 0 Å². The molecular formula is C12H14O6. The third-order valence-corrected chi connectivity index (χ3v) is 2.61. The maximum Gasteiger partial charge on any atom is 0.339 e. The average molecular weight is 254 g/mol. The number of carboxylic acid groups (broad SMARTS) is 2. The van der Waals surface area contributed by atoms with Crippen LogP contribution in [0.25, 0.3) is 0 Å². The Kier molecular flexibility index (Phi) is 4.28. The van der Waals surface area contributed by atoms with Gasteiger partial charge in [-0.25, -0.2) is 9.59 Å². The van der Waals surface area contributed by atoms with Crippen LogP contribution in [0.2, 0.25) is 0 Å². The van der Waals surface area contributed by atoms with E-state index in [1.807, 2.05) is 0 Å². The largest absolute Gasteiger partial charge is 0.507 e. The van der Waals surface area contributed by atoms with Crippen molar-refractivity contribution in [2.75, 3.05) is 0 Å². The minimum absolute atomic E-state index is 0.0265. The molecule has 0 heterocycles. The molecule has 0 fully saturated rings. The number of carbonyl (C=O) groups is 2. The second kappa shape index (κ2) is 5.50. The van der Waals surface area contributed by atoms with Crippen LogP contribution in [-0.2, 0) is 6.42 Å². The average Bonchev–Trinajstić information content (AvgIpc) is 2.29. The molecule has 0 aliphatic carbocycles.